The molecule has 0 unspecified atom stereocenters. The number of esters is 1. The fourth-order valence-electron chi connectivity index (χ4n) is 2.66. The average molecular weight is 380 g/mol. The molecule has 2 heterocycles. The highest BCUT2D eigenvalue weighted by Gasteiger charge is 2.17. The molecule has 1 aliphatic heterocycles. The SMILES string of the molecule is O=C1CCSc2ccc(C(=O)OCc3coc(-c4ccccc4)n3)cc2N1. The highest BCUT2D eigenvalue weighted by molar-refractivity contribution is 7.99. The molecule has 0 atom stereocenters. The van der Waals surface area contributed by atoms with E-state index in [4.69, 9.17) is 9.15 Å². The zero-order valence-electron chi connectivity index (χ0n) is 14.3. The lowest BCUT2D eigenvalue weighted by Crippen LogP contribution is -2.11. The summed E-state index contributed by atoms with van der Waals surface area (Å²) in [5.41, 5.74) is 2.41. The van der Waals surface area contributed by atoms with E-state index in [2.05, 4.69) is 10.3 Å². The van der Waals surface area contributed by atoms with Crippen molar-refractivity contribution >= 4 is 29.3 Å². The Morgan fingerprint density at radius 2 is 2.07 bits per heavy atom. The molecule has 6 nitrogen and oxygen atoms in total. The quantitative estimate of drug-likeness (QED) is 0.686. The Kier molecular flexibility index (Phi) is 4.93. The topological polar surface area (TPSA) is 81.4 Å². The number of hydrogen-bond acceptors (Lipinski definition) is 6. The van der Waals surface area contributed by atoms with Gasteiger partial charge in [-0.2, -0.15) is 0 Å². The van der Waals surface area contributed by atoms with Gasteiger partial charge < -0.3 is 14.5 Å². The van der Waals surface area contributed by atoms with E-state index >= 15 is 0 Å². The Balaban J connectivity index is 1.43. The van der Waals surface area contributed by atoms with Crippen molar-refractivity contribution in [2.24, 2.45) is 0 Å². The molecule has 4 rings (SSSR count). The Morgan fingerprint density at radius 1 is 1.22 bits per heavy atom. The lowest BCUT2D eigenvalue weighted by molar-refractivity contribution is -0.115. The van der Waals surface area contributed by atoms with Gasteiger partial charge in [-0.1, -0.05) is 18.2 Å². The molecule has 27 heavy (non-hydrogen) atoms. The van der Waals surface area contributed by atoms with Gasteiger partial charge in [0.2, 0.25) is 11.8 Å². The van der Waals surface area contributed by atoms with Crippen molar-refractivity contribution in [3.8, 4) is 11.5 Å². The van der Waals surface area contributed by atoms with Gasteiger partial charge in [-0.3, -0.25) is 4.79 Å². The first kappa shape index (κ1) is 17.4. The predicted molar refractivity (Wildman–Crippen MR) is 101 cm³/mol. The highest BCUT2D eigenvalue weighted by Crippen LogP contribution is 2.31. The lowest BCUT2D eigenvalue weighted by Gasteiger charge is -2.08. The summed E-state index contributed by atoms with van der Waals surface area (Å²) in [6.45, 7) is 0.00730. The van der Waals surface area contributed by atoms with E-state index in [1.807, 2.05) is 36.4 Å². The van der Waals surface area contributed by atoms with Crippen LogP contribution in [0.15, 0.2) is 64.1 Å². The number of oxazole rings is 1. The third-order valence-electron chi connectivity index (χ3n) is 4.00. The van der Waals surface area contributed by atoms with Crippen molar-refractivity contribution in [1.82, 2.24) is 4.98 Å². The molecular formula is C20H16N2O4S. The van der Waals surface area contributed by atoms with Crippen molar-refractivity contribution in [2.75, 3.05) is 11.1 Å². The van der Waals surface area contributed by atoms with E-state index in [-0.39, 0.29) is 12.5 Å². The molecule has 1 aromatic heterocycles. The first-order valence-corrected chi connectivity index (χ1v) is 9.41. The van der Waals surface area contributed by atoms with Crippen LogP contribution in [0.5, 0.6) is 0 Å². The summed E-state index contributed by atoms with van der Waals surface area (Å²) < 4.78 is 10.8. The zero-order chi connectivity index (χ0) is 18.6. The molecule has 0 fully saturated rings. The molecule has 0 saturated heterocycles. The zero-order valence-corrected chi connectivity index (χ0v) is 15.1. The third kappa shape index (κ3) is 4.03. The molecule has 1 aliphatic rings. The van der Waals surface area contributed by atoms with E-state index in [9.17, 15) is 9.59 Å². The molecule has 0 radical (unpaired) electrons. The standard InChI is InChI=1S/C20H16N2O4S/c23-18-8-9-27-17-7-6-14(10-16(17)22-18)20(24)26-12-15-11-25-19(21-15)13-4-2-1-3-5-13/h1-7,10-11H,8-9,12H2,(H,22,23). The fraction of sp³-hybridized carbons (Fsp3) is 0.150. The number of fused-ring (bicyclic) bond motifs is 1. The summed E-state index contributed by atoms with van der Waals surface area (Å²) in [7, 11) is 0. The minimum atomic E-state index is -0.481. The van der Waals surface area contributed by atoms with Gasteiger partial charge in [-0.25, -0.2) is 9.78 Å². The molecule has 0 bridgehead atoms. The number of benzene rings is 2. The van der Waals surface area contributed by atoms with Gasteiger partial charge in [-0.05, 0) is 30.3 Å². The van der Waals surface area contributed by atoms with Crippen LogP contribution in [0.25, 0.3) is 11.5 Å². The largest absolute Gasteiger partial charge is 0.455 e. The summed E-state index contributed by atoms with van der Waals surface area (Å²) in [5.74, 6) is 0.665. The van der Waals surface area contributed by atoms with Crippen molar-refractivity contribution in [2.45, 2.75) is 17.9 Å². The molecular weight excluding hydrogens is 364 g/mol. The number of aromatic nitrogens is 1. The monoisotopic (exact) mass is 380 g/mol. The van der Waals surface area contributed by atoms with Crippen LogP contribution >= 0.6 is 11.8 Å². The number of amides is 1. The maximum atomic E-state index is 12.3. The normalized spacial score (nSPS) is 13.4. The van der Waals surface area contributed by atoms with Gasteiger partial charge in [0.15, 0.2) is 0 Å². The molecule has 1 N–H and O–H groups in total. The summed E-state index contributed by atoms with van der Waals surface area (Å²) >= 11 is 1.59. The maximum Gasteiger partial charge on any atom is 0.338 e. The summed E-state index contributed by atoms with van der Waals surface area (Å²) in [6, 6.07) is 14.7. The Bertz CT molecular complexity index is 985. The summed E-state index contributed by atoms with van der Waals surface area (Å²) in [4.78, 5) is 29.3. The second kappa shape index (κ2) is 7.67. The molecule has 0 aliphatic carbocycles. The number of ether oxygens (including phenoxy) is 1. The molecule has 3 aromatic rings. The Hall–Kier alpha value is -3.06. The number of rotatable bonds is 4. The second-order valence-corrected chi connectivity index (χ2v) is 7.08. The molecule has 2 aromatic carbocycles. The number of carbonyl (C=O) groups excluding carboxylic acids is 2. The van der Waals surface area contributed by atoms with Gasteiger partial charge in [0, 0.05) is 22.6 Å². The van der Waals surface area contributed by atoms with Crippen LogP contribution in [0, 0.1) is 0 Å². The van der Waals surface area contributed by atoms with Crippen molar-refractivity contribution < 1.29 is 18.7 Å². The van der Waals surface area contributed by atoms with Crippen molar-refractivity contribution in [3.05, 3.63) is 66.1 Å². The van der Waals surface area contributed by atoms with E-state index in [1.165, 1.54) is 6.26 Å². The predicted octanol–water partition coefficient (Wildman–Crippen LogP) is 4.13. The minimum Gasteiger partial charge on any atom is -0.455 e. The van der Waals surface area contributed by atoms with Crippen LogP contribution in [0.2, 0.25) is 0 Å². The van der Waals surface area contributed by atoms with E-state index in [0.717, 1.165) is 16.2 Å². The average Bonchev–Trinajstić information content (AvgIpc) is 3.08. The summed E-state index contributed by atoms with van der Waals surface area (Å²) in [5, 5.41) is 2.82. The molecule has 7 heteroatoms. The second-order valence-electron chi connectivity index (χ2n) is 5.94. The van der Waals surface area contributed by atoms with Crippen LogP contribution in [0.3, 0.4) is 0 Å². The number of nitrogens with one attached hydrogen (secondary N) is 1. The van der Waals surface area contributed by atoms with E-state index < -0.39 is 5.97 Å². The number of hydrogen-bond donors (Lipinski definition) is 1. The fourth-order valence-corrected chi connectivity index (χ4v) is 3.59. The van der Waals surface area contributed by atoms with E-state index in [1.54, 1.807) is 23.9 Å². The number of nitrogens with zero attached hydrogens (tertiary/aromatic N) is 1. The van der Waals surface area contributed by atoms with E-state index in [0.29, 0.717) is 29.3 Å². The lowest BCUT2D eigenvalue weighted by atomic mass is 10.2. The first-order chi connectivity index (χ1) is 13.2. The maximum absolute atomic E-state index is 12.3. The molecule has 1 amide bonds. The van der Waals surface area contributed by atoms with Crippen LogP contribution in [0.1, 0.15) is 22.5 Å². The first-order valence-electron chi connectivity index (χ1n) is 8.43. The van der Waals surface area contributed by atoms with Gasteiger partial charge >= 0.3 is 5.97 Å². The smallest absolute Gasteiger partial charge is 0.338 e. The van der Waals surface area contributed by atoms with Crippen molar-refractivity contribution in [3.63, 3.8) is 0 Å². The Morgan fingerprint density at radius 3 is 2.93 bits per heavy atom. The number of thioether (sulfide) groups is 1. The van der Waals surface area contributed by atoms with Crippen LogP contribution in [-0.4, -0.2) is 22.6 Å². The van der Waals surface area contributed by atoms with Gasteiger partial charge in [0.05, 0.1) is 11.3 Å². The molecule has 136 valence electrons. The van der Waals surface area contributed by atoms with Crippen LogP contribution in [0.4, 0.5) is 5.69 Å². The number of carbonyl (C=O) groups is 2. The third-order valence-corrected chi connectivity index (χ3v) is 5.07. The van der Waals surface area contributed by atoms with Crippen LogP contribution < -0.4 is 5.32 Å². The summed E-state index contributed by atoms with van der Waals surface area (Å²) in [6.07, 6.45) is 1.93. The van der Waals surface area contributed by atoms with Crippen molar-refractivity contribution in [1.29, 1.82) is 0 Å². The minimum absolute atomic E-state index is 0.00730. The molecule has 0 spiro atoms. The van der Waals surface area contributed by atoms with Gasteiger partial charge in [-0.15, -0.1) is 11.8 Å². The Labute approximate surface area is 159 Å². The molecule has 0 saturated carbocycles. The number of anilines is 1. The van der Waals surface area contributed by atoms with Crippen LogP contribution in [-0.2, 0) is 16.1 Å². The highest BCUT2D eigenvalue weighted by atomic mass is 32.2. The van der Waals surface area contributed by atoms with Gasteiger partial charge in [0.25, 0.3) is 0 Å². The van der Waals surface area contributed by atoms with Gasteiger partial charge in [0.1, 0.15) is 18.6 Å².